The zero-order valence-electron chi connectivity index (χ0n) is 16.6. The van der Waals surface area contributed by atoms with Crippen LogP contribution in [-0.2, 0) is 4.79 Å². The lowest BCUT2D eigenvalue weighted by atomic mass is 10.1. The quantitative estimate of drug-likeness (QED) is 0.558. The third kappa shape index (κ3) is 4.49. The van der Waals surface area contributed by atoms with Crippen molar-refractivity contribution in [1.29, 1.82) is 0 Å². The minimum atomic E-state index is -0.311. The highest BCUT2D eigenvalue weighted by atomic mass is 79.9. The first-order valence-electron chi connectivity index (χ1n) is 10.1. The smallest absolute Gasteiger partial charge is 0.262 e. The van der Waals surface area contributed by atoms with Crippen molar-refractivity contribution in [2.45, 2.75) is 19.3 Å². The molecule has 154 valence electrons. The fraction of sp³-hybridized carbons (Fsp3) is 0.250. The number of fused-ring (bicyclic) bond motifs is 1. The molecule has 3 aromatic rings. The van der Waals surface area contributed by atoms with Gasteiger partial charge in [-0.25, -0.2) is 0 Å². The number of carbonyl (C=O) groups is 2. The fourth-order valence-electron chi connectivity index (χ4n) is 3.70. The predicted molar refractivity (Wildman–Crippen MR) is 122 cm³/mol. The molecule has 0 radical (unpaired) electrons. The van der Waals surface area contributed by atoms with E-state index in [1.807, 2.05) is 53.4 Å². The normalized spacial score (nSPS) is 13.8. The van der Waals surface area contributed by atoms with Gasteiger partial charge in [0.15, 0.2) is 6.61 Å². The van der Waals surface area contributed by atoms with Crippen molar-refractivity contribution < 1.29 is 14.3 Å². The number of rotatable bonds is 5. The molecule has 1 aliphatic heterocycles. The summed E-state index contributed by atoms with van der Waals surface area (Å²) in [7, 11) is 0. The van der Waals surface area contributed by atoms with Gasteiger partial charge in [-0.2, -0.15) is 0 Å². The number of nitrogens with one attached hydrogen (secondary N) is 1. The second kappa shape index (κ2) is 9.30. The molecule has 3 aromatic carbocycles. The maximum Gasteiger partial charge on any atom is 0.262 e. The second-order valence-corrected chi connectivity index (χ2v) is 8.13. The van der Waals surface area contributed by atoms with Gasteiger partial charge >= 0.3 is 0 Å². The Labute approximate surface area is 184 Å². The average Bonchev–Trinajstić information content (AvgIpc) is 2.79. The largest absolute Gasteiger partial charge is 0.483 e. The topological polar surface area (TPSA) is 58.6 Å². The lowest BCUT2D eigenvalue weighted by molar-refractivity contribution is -0.118. The SMILES string of the molecule is O=C(COc1ccc2ccccc2c1Br)Nc1ccccc1C(=O)N1CCCCC1. The van der Waals surface area contributed by atoms with Crippen LogP contribution in [0.4, 0.5) is 5.69 Å². The highest BCUT2D eigenvalue weighted by Gasteiger charge is 2.21. The second-order valence-electron chi connectivity index (χ2n) is 7.33. The Morgan fingerprint density at radius 3 is 2.50 bits per heavy atom. The number of anilines is 1. The Morgan fingerprint density at radius 1 is 0.933 bits per heavy atom. The molecule has 0 aliphatic carbocycles. The molecule has 5 nitrogen and oxygen atoms in total. The molecular weight excluding hydrogens is 444 g/mol. The summed E-state index contributed by atoms with van der Waals surface area (Å²) >= 11 is 3.57. The number of hydrogen-bond donors (Lipinski definition) is 1. The molecule has 0 unspecified atom stereocenters. The molecule has 1 heterocycles. The van der Waals surface area contributed by atoms with Gasteiger partial charge in [-0.15, -0.1) is 0 Å². The summed E-state index contributed by atoms with van der Waals surface area (Å²) in [5.74, 6) is 0.249. The Hall–Kier alpha value is -2.86. The standard InChI is InChI=1S/C24H23BrN2O3/c25-23-18-9-3-2-8-17(18)12-13-21(23)30-16-22(28)26-20-11-5-4-10-19(20)24(29)27-14-6-1-7-15-27/h2-5,8-13H,1,6-7,14-16H2,(H,26,28). The van der Waals surface area contributed by atoms with Crippen LogP contribution in [0.25, 0.3) is 10.8 Å². The van der Waals surface area contributed by atoms with Crippen LogP contribution in [0, 0.1) is 0 Å². The number of piperidine rings is 1. The third-order valence-electron chi connectivity index (χ3n) is 5.26. The fourth-order valence-corrected chi connectivity index (χ4v) is 4.31. The third-order valence-corrected chi connectivity index (χ3v) is 6.08. The van der Waals surface area contributed by atoms with Crippen LogP contribution < -0.4 is 10.1 Å². The Balaban J connectivity index is 1.44. The number of ether oxygens (including phenoxy) is 1. The molecule has 1 N–H and O–H groups in total. The Kier molecular flexibility index (Phi) is 6.33. The van der Waals surface area contributed by atoms with E-state index in [1.165, 1.54) is 0 Å². The molecule has 0 bridgehead atoms. The highest BCUT2D eigenvalue weighted by molar-refractivity contribution is 9.10. The van der Waals surface area contributed by atoms with Crippen molar-refractivity contribution >= 4 is 44.2 Å². The molecule has 0 aromatic heterocycles. The molecule has 0 saturated carbocycles. The van der Waals surface area contributed by atoms with Gasteiger partial charge in [0.1, 0.15) is 5.75 Å². The minimum absolute atomic E-state index is 0.0382. The lowest BCUT2D eigenvalue weighted by Gasteiger charge is -2.27. The Morgan fingerprint density at radius 2 is 1.67 bits per heavy atom. The van der Waals surface area contributed by atoms with E-state index in [0.29, 0.717) is 17.0 Å². The molecule has 1 saturated heterocycles. The molecule has 0 atom stereocenters. The summed E-state index contributed by atoms with van der Waals surface area (Å²) < 4.78 is 6.56. The van der Waals surface area contributed by atoms with Gasteiger partial charge in [-0.05, 0) is 64.2 Å². The maximum absolute atomic E-state index is 12.9. The zero-order chi connectivity index (χ0) is 20.9. The van der Waals surface area contributed by atoms with Crippen molar-refractivity contribution in [1.82, 2.24) is 4.90 Å². The van der Waals surface area contributed by atoms with Crippen molar-refractivity contribution in [2.24, 2.45) is 0 Å². The van der Waals surface area contributed by atoms with Crippen LogP contribution in [0.3, 0.4) is 0 Å². The molecule has 0 spiro atoms. The number of halogens is 1. The van der Waals surface area contributed by atoms with Crippen LogP contribution >= 0.6 is 15.9 Å². The average molecular weight is 467 g/mol. The number of para-hydroxylation sites is 1. The van der Waals surface area contributed by atoms with Crippen molar-refractivity contribution in [2.75, 3.05) is 25.0 Å². The van der Waals surface area contributed by atoms with Gasteiger partial charge in [0, 0.05) is 13.1 Å². The number of hydrogen-bond acceptors (Lipinski definition) is 3. The molecule has 1 fully saturated rings. The van der Waals surface area contributed by atoms with Gasteiger partial charge in [0.2, 0.25) is 0 Å². The van der Waals surface area contributed by atoms with E-state index in [2.05, 4.69) is 21.2 Å². The molecule has 2 amide bonds. The lowest BCUT2D eigenvalue weighted by Crippen LogP contribution is -2.36. The molecule has 4 rings (SSSR count). The van der Waals surface area contributed by atoms with Crippen molar-refractivity contribution in [3.63, 3.8) is 0 Å². The summed E-state index contributed by atoms with van der Waals surface area (Å²) in [6, 6.07) is 18.9. The first-order valence-corrected chi connectivity index (χ1v) is 10.9. The van der Waals surface area contributed by atoms with Gasteiger partial charge in [0.05, 0.1) is 15.7 Å². The van der Waals surface area contributed by atoms with Gasteiger partial charge in [-0.1, -0.05) is 42.5 Å². The van der Waals surface area contributed by atoms with Gasteiger partial charge < -0.3 is 15.0 Å². The summed E-state index contributed by atoms with van der Waals surface area (Å²) in [5.41, 5.74) is 1.03. The van der Waals surface area contributed by atoms with E-state index in [9.17, 15) is 9.59 Å². The number of amides is 2. The van der Waals surface area contributed by atoms with Gasteiger partial charge in [0.25, 0.3) is 11.8 Å². The van der Waals surface area contributed by atoms with Gasteiger partial charge in [-0.3, -0.25) is 9.59 Å². The number of carbonyl (C=O) groups excluding carboxylic acids is 2. The van der Waals surface area contributed by atoms with E-state index in [-0.39, 0.29) is 18.4 Å². The van der Waals surface area contributed by atoms with Crippen LogP contribution in [0.1, 0.15) is 29.6 Å². The molecular formula is C24H23BrN2O3. The van der Waals surface area contributed by atoms with E-state index >= 15 is 0 Å². The molecule has 1 aliphatic rings. The highest BCUT2D eigenvalue weighted by Crippen LogP contribution is 2.33. The summed E-state index contributed by atoms with van der Waals surface area (Å²) in [6.45, 7) is 1.38. The number of likely N-dealkylation sites (tertiary alicyclic amines) is 1. The maximum atomic E-state index is 12.9. The zero-order valence-corrected chi connectivity index (χ0v) is 18.2. The van der Waals surface area contributed by atoms with Crippen molar-refractivity contribution in [3.8, 4) is 5.75 Å². The van der Waals surface area contributed by atoms with E-state index in [1.54, 1.807) is 12.1 Å². The predicted octanol–water partition coefficient (Wildman–Crippen LogP) is 5.25. The minimum Gasteiger partial charge on any atom is -0.483 e. The first kappa shape index (κ1) is 20.4. The van der Waals surface area contributed by atoms with E-state index in [4.69, 9.17) is 4.74 Å². The Bertz CT molecular complexity index is 1080. The summed E-state index contributed by atoms with van der Waals surface area (Å²) in [6.07, 6.45) is 3.20. The van der Waals surface area contributed by atoms with Crippen LogP contribution in [0.5, 0.6) is 5.75 Å². The monoisotopic (exact) mass is 466 g/mol. The van der Waals surface area contributed by atoms with E-state index in [0.717, 1.165) is 47.6 Å². The van der Waals surface area contributed by atoms with Crippen molar-refractivity contribution in [3.05, 3.63) is 70.7 Å². The van der Waals surface area contributed by atoms with Crippen LogP contribution in [0.15, 0.2) is 65.1 Å². The molecule has 6 heteroatoms. The van der Waals surface area contributed by atoms with Crippen LogP contribution in [0.2, 0.25) is 0 Å². The summed E-state index contributed by atoms with van der Waals surface area (Å²) in [5, 5.41) is 4.94. The number of nitrogens with zero attached hydrogens (tertiary/aromatic N) is 1. The number of benzene rings is 3. The first-order chi connectivity index (χ1) is 14.6. The summed E-state index contributed by atoms with van der Waals surface area (Å²) in [4.78, 5) is 27.3. The van der Waals surface area contributed by atoms with E-state index < -0.39 is 0 Å². The van der Waals surface area contributed by atoms with Crippen LogP contribution in [-0.4, -0.2) is 36.4 Å². The molecule has 30 heavy (non-hydrogen) atoms.